The van der Waals surface area contributed by atoms with Gasteiger partial charge in [-0.1, -0.05) is 0 Å². The largest absolute Gasteiger partial charge is 0.387 e. The Balaban J connectivity index is 2.16. The number of aliphatic hydroxyl groups excluding tert-OH is 1. The second-order valence-electron chi connectivity index (χ2n) is 4.82. The number of hydrogen-bond donors (Lipinski definition) is 4. The Hall–Kier alpha value is -1.29. The first-order chi connectivity index (χ1) is 9.61. The molecule has 1 aliphatic heterocycles. The summed E-state index contributed by atoms with van der Waals surface area (Å²) in [7, 11) is -4.41. The van der Waals surface area contributed by atoms with Gasteiger partial charge in [0, 0.05) is 12.6 Å². The zero-order chi connectivity index (χ0) is 15.8. The number of nitrogen functional groups attached to an aromatic ring is 1. The van der Waals surface area contributed by atoms with Crippen LogP contribution < -0.4 is 11.4 Å². The molecule has 1 aromatic heterocycles. The van der Waals surface area contributed by atoms with Crippen LogP contribution in [0.5, 0.6) is 0 Å². The van der Waals surface area contributed by atoms with E-state index in [-0.39, 0.29) is 12.2 Å². The van der Waals surface area contributed by atoms with E-state index in [0.29, 0.717) is 0 Å². The first-order valence-electron chi connectivity index (χ1n) is 6.00. The van der Waals surface area contributed by atoms with E-state index in [1.165, 1.54) is 19.2 Å². The molecule has 0 aliphatic carbocycles. The summed E-state index contributed by atoms with van der Waals surface area (Å²) in [4.78, 5) is 32.9. The third-order valence-electron chi connectivity index (χ3n) is 3.08. The van der Waals surface area contributed by atoms with Crippen LogP contribution in [0.1, 0.15) is 19.6 Å². The van der Waals surface area contributed by atoms with E-state index in [1.54, 1.807) is 0 Å². The molecule has 2 rings (SSSR count). The normalized spacial score (nSPS) is 29.7. The van der Waals surface area contributed by atoms with E-state index < -0.39 is 37.8 Å². The minimum Gasteiger partial charge on any atom is -0.387 e. The third kappa shape index (κ3) is 3.67. The van der Waals surface area contributed by atoms with E-state index in [2.05, 4.69) is 4.98 Å². The van der Waals surface area contributed by atoms with Crippen LogP contribution in [0.3, 0.4) is 0 Å². The Morgan fingerprint density at radius 1 is 1.67 bits per heavy atom. The van der Waals surface area contributed by atoms with E-state index in [0.717, 1.165) is 4.57 Å². The topological polar surface area (TPSA) is 157 Å². The van der Waals surface area contributed by atoms with Crippen molar-refractivity contribution in [1.29, 1.82) is 0 Å². The third-order valence-corrected chi connectivity index (χ3v) is 3.55. The zero-order valence-corrected chi connectivity index (χ0v) is 12.0. The molecular weight excluding hydrogens is 305 g/mol. The number of nitrogens with zero attached hydrogens (tertiary/aromatic N) is 2. The highest BCUT2D eigenvalue weighted by molar-refractivity contribution is 7.51. The van der Waals surface area contributed by atoms with Crippen LogP contribution in [-0.4, -0.2) is 42.7 Å². The smallest absolute Gasteiger partial charge is 0.351 e. The average molecular weight is 321 g/mol. The SMILES string of the molecule is C[C@]1(OCP(=O)(O)O)O[C@@H](n2ccc(N)nc2=O)C[C@@H]1O. The van der Waals surface area contributed by atoms with Crippen molar-refractivity contribution in [2.75, 3.05) is 12.1 Å². The van der Waals surface area contributed by atoms with Gasteiger partial charge in [0.1, 0.15) is 18.1 Å². The summed E-state index contributed by atoms with van der Waals surface area (Å²) in [6, 6.07) is 1.39. The van der Waals surface area contributed by atoms with E-state index >= 15 is 0 Å². The molecule has 0 saturated carbocycles. The van der Waals surface area contributed by atoms with Gasteiger partial charge >= 0.3 is 13.3 Å². The van der Waals surface area contributed by atoms with Gasteiger partial charge in [-0.3, -0.25) is 9.13 Å². The van der Waals surface area contributed by atoms with Crippen LogP contribution in [0.15, 0.2) is 17.1 Å². The fraction of sp³-hybridized carbons (Fsp3) is 0.600. The summed E-state index contributed by atoms with van der Waals surface area (Å²) < 4.78 is 22.4. The standard InChI is InChI=1S/C10H16N3O7P/c1-10(19-5-21(16,17)18)6(14)4-8(20-10)13-3-2-7(11)12-9(13)15/h2-3,6,8,14H,4-5H2,1H3,(H2,11,12,15)(H2,16,17,18)/t6-,8+,10-/m0/s1. The first kappa shape index (κ1) is 16.1. The number of rotatable bonds is 4. The Morgan fingerprint density at radius 3 is 2.90 bits per heavy atom. The van der Waals surface area contributed by atoms with Gasteiger partial charge in [0.2, 0.25) is 0 Å². The predicted octanol–water partition coefficient (Wildman–Crippen LogP) is -1.03. The Labute approximate surface area is 119 Å². The number of anilines is 1. The summed E-state index contributed by atoms with van der Waals surface area (Å²) >= 11 is 0. The summed E-state index contributed by atoms with van der Waals surface area (Å²) in [5.41, 5.74) is 4.72. The molecule has 1 fully saturated rings. The number of ether oxygens (including phenoxy) is 2. The maximum Gasteiger partial charge on any atom is 0.351 e. The molecule has 5 N–H and O–H groups in total. The number of hydrogen-bond acceptors (Lipinski definition) is 7. The van der Waals surface area contributed by atoms with Crippen molar-refractivity contribution in [3.05, 3.63) is 22.7 Å². The lowest BCUT2D eigenvalue weighted by Gasteiger charge is -2.28. The minimum atomic E-state index is -4.41. The molecule has 1 aliphatic rings. The predicted molar refractivity (Wildman–Crippen MR) is 70.1 cm³/mol. The molecule has 118 valence electrons. The lowest BCUT2D eigenvalue weighted by Crippen LogP contribution is -2.39. The number of nitrogens with two attached hydrogens (primary N) is 1. The molecule has 21 heavy (non-hydrogen) atoms. The monoisotopic (exact) mass is 321 g/mol. The molecule has 0 bridgehead atoms. The van der Waals surface area contributed by atoms with Gasteiger partial charge in [-0.15, -0.1) is 0 Å². The summed E-state index contributed by atoms with van der Waals surface area (Å²) in [5.74, 6) is -1.58. The van der Waals surface area contributed by atoms with Gasteiger partial charge in [-0.2, -0.15) is 4.98 Å². The minimum absolute atomic E-state index is 0.00314. The molecule has 0 amide bonds. The van der Waals surface area contributed by atoms with Gasteiger partial charge in [0.25, 0.3) is 0 Å². The van der Waals surface area contributed by atoms with Crippen molar-refractivity contribution in [2.45, 2.75) is 31.5 Å². The van der Waals surface area contributed by atoms with Gasteiger partial charge in [0.05, 0.1) is 0 Å². The fourth-order valence-corrected chi connectivity index (χ4v) is 2.38. The molecule has 0 spiro atoms. The fourth-order valence-electron chi connectivity index (χ4n) is 1.96. The average Bonchev–Trinajstić information content (AvgIpc) is 2.63. The van der Waals surface area contributed by atoms with Crippen LogP contribution in [0.2, 0.25) is 0 Å². The molecule has 0 radical (unpaired) electrons. The van der Waals surface area contributed by atoms with Crippen molar-refractivity contribution >= 4 is 13.4 Å². The van der Waals surface area contributed by atoms with Gasteiger partial charge in [0.15, 0.2) is 12.1 Å². The number of aromatic nitrogens is 2. The van der Waals surface area contributed by atoms with Crippen LogP contribution >= 0.6 is 7.60 Å². The second-order valence-corrected chi connectivity index (χ2v) is 6.41. The van der Waals surface area contributed by atoms with Crippen molar-refractivity contribution in [1.82, 2.24) is 9.55 Å². The highest BCUT2D eigenvalue weighted by Crippen LogP contribution is 2.41. The van der Waals surface area contributed by atoms with Crippen molar-refractivity contribution in [3.63, 3.8) is 0 Å². The van der Waals surface area contributed by atoms with Crippen LogP contribution in [0.25, 0.3) is 0 Å². The maximum atomic E-state index is 11.7. The van der Waals surface area contributed by atoms with Crippen molar-refractivity contribution in [2.24, 2.45) is 0 Å². The molecule has 10 nitrogen and oxygen atoms in total. The summed E-state index contributed by atoms with van der Waals surface area (Å²) in [6.07, 6.45) is -1.58. The van der Waals surface area contributed by atoms with E-state index in [1.807, 2.05) is 0 Å². The van der Waals surface area contributed by atoms with Gasteiger partial charge < -0.3 is 30.1 Å². The molecule has 11 heteroatoms. The molecule has 0 aromatic carbocycles. The van der Waals surface area contributed by atoms with Crippen LogP contribution in [0.4, 0.5) is 5.82 Å². The molecule has 0 unspecified atom stereocenters. The Kier molecular flexibility index (Phi) is 4.20. The number of aliphatic hydroxyl groups is 1. The summed E-state index contributed by atoms with van der Waals surface area (Å²) in [6.45, 7) is 1.34. The van der Waals surface area contributed by atoms with Gasteiger partial charge in [-0.25, -0.2) is 4.79 Å². The maximum absolute atomic E-state index is 11.7. The lowest BCUT2D eigenvalue weighted by atomic mass is 10.1. The van der Waals surface area contributed by atoms with Crippen molar-refractivity contribution in [3.8, 4) is 0 Å². The van der Waals surface area contributed by atoms with E-state index in [9.17, 15) is 14.5 Å². The lowest BCUT2D eigenvalue weighted by molar-refractivity contribution is -0.248. The van der Waals surface area contributed by atoms with Gasteiger partial charge in [-0.05, 0) is 13.0 Å². The highest BCUT2D eigenvalue weighted by Gasteiger charge is 2.47. The first-order valence-corrected chi connectivity index (χ1v) is 7.79. The molecule has 1 saturated heterocycles. The highest BCUT2D eigenvalue weighted by atomic mass is 31.2. The molecular formula is C10H16N3O7P. The quantitative estimate of drug-likeness (QED) is 0.509. The Morgan fingerprint density at radius 2 is 2.33 bits per heavy atom. The molecule has 3 atom stereocenters. The second kappa shape index (κ2) is 5.48. The summed E-state index contributed by atoms with van der Waals surface area (Å²) in [5, 5.41) is 9.96. The molecule has 2 heterocycles. The van der Waals surface area contributed by atoms with Crippen molar-refractivity contribution < 1.29 is 28.9 Å². The van der Waals surface area contributed by atoms with Crippen LogP contribution in [0, 0.1) is 0 Å². The van der Waals surface area contributed by atoms with Crippen LogP contribution in [-0.2, 0) is 14.0 Å². The zero-order valence-electron chi connectivity index (χ0n) is 11.1. The van der Waals surface area contributed by atoms with E-state index in [4.69, 9.17) is 25.0 Å². The molecule has 1 aromatic rings. The Bertz CT molecular complexity index is 629.